The average Bonchev–Trinajstić information content (AvgIpc) is 2.33. The molecule has 0 aliphatic heterocycles. The van der Waals surface area contributed by atoms with E-state index in [4.69, 9.17) is 0 Å². The number of hydrogen-bond acceptors (Lipinski definition) is 1. The third-order valence-corrected chi connectivity index (χ3v) is 4.02. The highest BCUT2D eigenvalue weighted by Crippen LogP contribution is 2.33. The van der Waals surface area contributed by atoms with Crippen LogP contribution in [0, 0.1) is 5.82 Å². The molecule has 0 saturated carbocycles. The Balaban J connectivity index is 2.54. The van der Waals surface area contributed by atoms with E-state index in [9.17, 15) is 9.50 Å². The molecule has 1 nitrogen and oxygen atoms in total. The maximum absolute atomic E-state index is 14.0. The Hall–Kier alpha value is -0.710. The topological polar surface area (TPSA) is 20.2 Å². The lowest BCUT2D eigenvalue weighted by Gasteiger charge is -2.25. The van der Waals surface area contributed by atoms with Crippen LogP contribution in [0.3, 0.4) is 0 Å². The van der Waals surface area contributed by atoms with Crippen LogP contribution >= 0.6 is 31.9 Å². The van der Waals surface area contributed by atoms with Gasteiger partial charge in [0.2, 0.25) is 0 Å². The molecule has 0 saturated heterocycles. The minimum Gasteiger partial charge on any atom is -0.381 e. The normalized spacial score (nSPS) is 14.3. The summed E-state index contributed by atoms with van der Waals surface area (Å²) in [6, 6.07) is 12.1. The smallest absolute Gasteiger partial charge is 0.143 e. The van der Waals surface area contributed by atoms with E-state index < -0.39 is 11.4 Å². The van der Waals surface area contributed by atoms with Crippen LogP contribution in [0.5, 0.6) is 0 Å². The molecule has 4 heteroatoms. The summed E-state index contributed by atoms with van der Waals surface area (Å²) < 4.78 is 15.3. The molecule has 0 aromatic heterocycles. The van der Waals surface area contributed by atoms with Gasteiger partial charge in [-0.3, -0.25) is 0 Å². The van der Waals surface area contributed by atoms with Gasteiger partial charge < -0.3 is 5.11 Å². The van der Waals surface area contributed by atoms with Crippen molar-refractivity contribution < 1.29 is 9.50 Å². The summed E-state index contributed by atoms with van der Waals surface area (Å²) in [4.78, 5) is 0. The first-order chi connectivity index (χ1) is 8.43. The summed E-state index contributed by atoms with van der Waals surface area (Å²) in [6.45, 7) is 1.58. The van der Waals surface area contributed by atoms with E-state index >= 15 is 0 Å². The van der Waals surface area contributed by atoms with E-state index in [1.54, 1.807) is 37.3 Å². The highest BCUT2D eigenvalue weighted by Gasteiger charge is 2.29. The molecule has 0 fully saturated rings. The molecule has 2 aromatic carbocycles. The maximum Gasteiger partial charge on any atom is 0.143 e. The number of benzene rings is 2. The van der Waals surface area contributed by atoms with Crippen molar-refractivity contribution in [2.45, 2.75) is 12.5 Å². The number of aliphatic hydroxyl groups is 1. The first-order valence-electron chi connectivity index (χ1n) is 5.36. The molecule has 0 spiro atoms. The number of rotatable bonds is 2. The fraction of sp³-hybridized carbons (Fsp3) is 0.143. The predicted molar refractivity (Wildman–Crippen MR) is 76.9 cm³/mol. The fourth-order valence-corrected chi connectivity index (χ4v) is 2.44. The Kier molecular flexibility index (Phi) is 3.90. The predicted octanol–water partition coefficient (Wildman–Crippen LogP) is 4.61. The van der Waals surface area contributed by atoms with Gasteiger partial charge in [-0.15, -0.1) is 0 Å². The largest absolute Gasteiger partial charge is 0.381 e. The van der Waals surface area contributed by atoms with Crippen molar-refractivity contribution >= 4 is 31.9 Å². The molecule has 0 aliphatic rings. The molecule has 1 unspecified atom stereocenters. The van der Waals surface area contributed by atoms with Gasteiger partial charge in [-0.25, -0.2) is 4.39 Å². The van der Waals surface area contributed by atoms with Crippen molar-refractivity contribution in [2.75, 3.05) is 0 Å². The molecule has 0 aliphatic carbocycles. The van der Waals surface area contributed by atoms with Crippen LogP contribution < -0.4 is 0 Å². The molecule has 0 heterocycles. The fourth-order valence-electron chi connectivity index (χ4n) is 1.81. The van der Waals surface area contributed by atoms with E-state index in [0.29, 0.717) is 10.0 Å². The second-order valence-electron chi connectivity index (χ2n) is 4.18. The summed E-state index contributed by atoms with van der Waals surface area (Å²) in [5.74, 6) is -0.439. The summed E-state index contributed by atoms with van der Waals surface area (Å²) in [5, 5.41) is 10.6. The van der Waals surface area contributed by atoms with Crippen LogP contribution in [-0.2, 0) is 5.60 Å². The molecule has 1 atom stereocenters. The Morgan fingerprint density at radius 3 is 2.28 bits per heavy atom. The zero-order valence-electron chi connectivity index (χ0n) is 9.62. The third kappa shape index (κ3) is 2.51. The lowest BCUT2D eigenvalue weighted by Crippen LogP contribution is -2.24. The van der Waals surface area contributed by atoms with Crippen molar-refractivity contribution in [1.29, 1.82) is 0 Å². The summed E-state index contributed by atoms with van der Waals surface area (Å²) in [7, 11) is 0. The molecule has 1 N–H and O–H groups in total. The number of hydrogen-bond donors (Lipinski definition) is 1. The standard InChI is InChI=1S/C14H11Br2FO/c1-14(18,9-5-7-10(15)8-6-9)11-3-2-4-12(16)13(11)17/h2-8,18H,1H3. The van der Waals surface area contributed by atoms with E-state index in [0.717, 1.165) is 4.47 Å². The lowest BCUT2D eigenvalue weighted by atomic mass is 9.88. The SMILES string of the molecule is CC(O)(c1ccc(Br)cc1)c1cccc(Br)c1F. The van der Waals surface area contributed by atoms with Gasteiger partial charge >= 0.3 is 0 Å². The minimum absolute atomic E-state index is 0.249. The van der Waals surface area contributed by atoms with E-state index in [1.807, 2.05) is 12.1 Å². The van der Waals surface area contributed by atoms with E-state index in [2.05, 4.69) is 31.9 Å². The monoisotopic (exact) mass is 372 g/mol. The van der Waals surface area contributed by atoms with Crippen molar-refractivity contribution in [3.8, 4) is 0 Å². The highest BCUT2D eigenvalue weighted by atomic mass is 79.9. The molecular formula is C14H11Br2FO. The van der Waals surface area contributed by atoms with Crippen molar-refractivity contribution in [3.63, 3.8) is 0 Å². The van der Waals surface area contributed by atoms with Gasteiger partial charge in [0.05, 0.1) is 4.47 Å². The van der Waals surface area contributed by atoms with Crippen LogP contribution in [0.4, 0.5) is 4.39 Å². The van der Waals surface area contributed by atoms with Gasteiger partial charge in [-0.1, -0.05) is 40.2 Å². The Morgan fingerprint density at radius 1 is 1.06 bits per heavy atom. The summed E-state index contributed by atoms with van der Waals surface area (Å²) in [6.07, 6.45) is 0. The van der Waals surface area contributed by atoms with Gasteiger partial charge in [0.25, 0.3) is 0 Å². The van der Waals surface area contributed by atoms with Crippen molar-refractivity contribution in [2.24, 2.45) is 0 Å². The Morgan fingerprint density at radius 2 is 1.67 bits per heavy atom. The van der Waals surface area contributed by atoms with Gasteiger partial charge in [-0.2, -0.15) is 0 Å². The first-order valence-corrected chi connectivity index (χ1v) is 6.94. The van der Waals surface area contributed by atoms with Gasteiger partial charge in [0, 0.05) is 10.0 Å². The van der Waals surface area contributed by atoms with E-state index in [-0.39, 0.29) is 5.56 Å². The van der Waals surface area contributed by atoms with Crippen LogP contribution in [0.15, 0.2) is 51.4 Å². The molecular weight excluding hydrogens is 363 g/mol. The van der Waals surface area contributed by atoms with Crippen molar-refractivity contribution in [3.05, 3.63) is 68.4 Å². The van der Waals surface area contributed by atoms with Crippen LogP contribution in [0.25, 0.3) is 0 Å². The molecule has 0 amide bonds. The summed E-state index contributed by atoms with van der Waals surface area (Å²) in [5.41, 5.74) is -0.476. The van der Waals surface area contributed by atoms with E-state index in [1.165, 1.54) is 0 Å². The second-order valence-corrected chi connectivity index (χ2v) is 5.95. The minimum atomic E-state index is -1.37. The zero-order valence-corrected chi connectivity index (χ0v) is 12.8. The number of halogens is 3. The molecule has 18 heavy (non-hydrogen) atoms. The zero-order chi connectivity index (χ0) is 13.3. The van der Waals surface area contributed by atoms with Crippen molar-refractivity contribution in [1.82, 2.24) is 0 Å². The average molecular weight is 374 g/mol. The quantitative estimate of drug-likeness (QED) is 0.815. The molecule has 0 radical (unpaired) electrons. The molecule has 2 rings (SSSR count). The van der Waals surface area contributed by atoms with Crippen LogP contribution in [0.2, 0.25) is 0 Å². The van der Waals surface area contributed by atoms with Gasteiger partial charge in [0.1, 0.15) is 11.4 Å². The molecule has 94 valence electrons. The van der Waals surface area contributed by atoms with Crippen LogP contribution in [-0.4, -0.2) is 5.11 Å². The van der Waals surface area contributed by atoms with Gasteiger partial charge in [0.15, 0.2) is 0 Å². The molecule has 2 aromatic rings. The van der Waals surface area contributed by atoms with Gasteiger partial charge in [-0.05, 0) is 46.6 Å². The first kappa shape index (κ1) is 13.7. The molecule has 0 bridgehead atoms. The highest BCUT2D eigenvalue weighted by molar-refractivity contribution is 9.10. The second kappa shape index (κ2) is 5.11. The Bertz CT molecular complexity index is 565. The Labute approximate surface area is 122 Å². The summed E-state index contributed by atoms with van der Waals surface area (Å²) >= 11 is 6.46. The lowest BCUT2D eigenvalue weighted by molar-refractivity contribution is 0.0978. The maximum atomic E-state index is 14.0. The third-order valence-electron chi connectivity index (χ3n) is 2.88. The van der Waals surface area contributed by atoms with Crippen LogP contribution in [0.1, 0.15) is 18.1 Å².